The van der Waals surface area contributed by atoms with Gasteiger partial charge in [0.1, 0.15) is 6.61 Å². The summed E-state index contributed by atoms with van der Waals surface area (Å²) in [5.41, 5.74) is 5.73. The fourth-order valence-corrected chi connectivity index (χ4v) is 3.84. The molecule has 1 atom stereocenters. The lowest BCUT2D eigenvalue weighted by molar-refractivity contribution is 0.0714. The van der Waals surface area contributed by atoms with Crippen molar-refractivity contribution in [3.05, 3.63) is 95.6 Å². The highest BCUT2D eigenvalue weighted by Gasteiger charge is 2.29. The second-order valence-electron chi connectivity index (χ2n) is 7.35. The molecular weight excluding hydrogens is 378 g/mol. The highest BCUT2D eigenvalue weighted by molar-refractivity contribution is 5.79. The Morgan fingerprint density at radius 3 is 2.13 bits per heavy atom. The number of fused-ring (bicyclic) bond motifs is 3. The summed E-state index contributed by atoms with van der Waals surface area (Å²) >= 11 is 0. The highest BCUT2D eigenvalue weighted by Crippen LogP contribution is 2.44. The largest absolute Gasteiger partial charge is 0.449 e. The molecule has 0 saturated heterocycles. The van der Waals surface area contributed by atoms with Gasteiger partial charge in [0, 0.05) is 5.92 Å². The number of hydrogen-bond donors (Lipinski definition) is 2. The topological polar surface area (TPSA) is 67.8 Å². The number of nitrogens with one attached hydrogen (secondary N) is 1. The van der Waals surface area contributed by atoms with Gasteiger partial charge in [-0.05, 0) is 27.8 Å². The van der Waals surface area contributed by atoms with Crippen LogP contribution in [0, 0.1) is 0 Å². The summed E-state index contributed by atoms with van der Waals surface area (Å²) in [5.74, 6) is 0.00468. The molecule has 1 aliphatic carbocycles. The van der Waals surface area contributed by atoms with Gasteiger partial charge >= 0.3 is 6.09 Å². The van der Waals surface area contributed by atoms with Crippen molar-refractivity contribution in [2.24, 2.45) is 0 Å². The number of benzene rings is 3. The van der Waals surface area contributed by atoms with Crippen LogP contribution in [0.15, 0.2) is 78.9 Å². The van der Waals surface area contributed by atoms with Crippen LogP contribution in [0.25, 0.3) is 11.1 Å². The molecule has 5 nitrogen and oxygen atoms in total. The van der Waals surface area contributed by atoms with Gasteiger partial charge in [-0.1, -0.05) is 78.9 Å². The Morgan fingerprint density at radius 1 is 0.900 bits per heavy atom. The second kappa shape index (κ2) is 9.57. The number of amides is 1. The van der Waals surface area contributed by atoms with Gasteiger partial charge in [-0.15, -0.1) is 0 Å². The number of carbonyl (C=O) groups excluding carboxylic acids is 1. The number of rotatable bonds is 8. The molecule has 0 fully saturated rings. The van der Waals surface area contributed by atoms with Crippen LogP contribution in [0.3, 0.4) is 0 Å². The van der Waals surface area contributed by atoms with E-state index >= 15 is 0 Å². The molecule has 0 bridgehead atoms. The number of hydrogen-bond acceptors (Lipinski definition) is 4. The van der Waals surface area contributed by atoms with E-state index in [0.29, 0.717) is 6.61 Å². The molecule has 30 heavy (non-hydrogen) atoms. The lowest BCUT2D eigenvalue weighted by Gasteiger charge is -2.18. The Hall–Kier alpha value is -3.15. The quantitative estimate of drug-likeness (QED) is 0.594. The Kier molecular flexibility index (Phi) is 6.42. The fraction of sp³-hybridized carbons (Fsp3) is 0.240. The zero-order valence-corrected chi connectivity index (χ0v) is 16.7. The molecule has 0 heterocycles. The third-order valence-corrected chi connectivity index (χ3v) is 5.32. The van der Waals surface area contributed by atoms with Crippen molar-refractivity contribution >= 4 is 6.09 Å². The molecule has 5 heteroatoms. The van der Waals surface area contributed by atoms with Crippen LogP contribution in [0.4, 0.5) is 4.79 Å². The molecule has 154 valence electrons. The third-order valence-electron chi connectivity index (χ3n) is 5.32. The first-order valence-corrected chi connectivity index (χ1v) is 10.1. The predicted octanol–water partition coefficient (Wildman–Crippen LogP) is 4.10. The minimum Gasteiger partial charge on any atom is -0.449 e. The second-order valence-corrected chi connectivity index (χ2v) is 7.35. The molecule has 4 rings (SSSR count). The minimum atomic E-state index is -0.556. The van der Waals surface area contributed by atoms with E-state index in [-0.39, 0.29) is 25.7 Å². The first-order chi connectivity index (χ1) is 14.8. The number of alkyl carbamates (subject to hydrolysis) is 1. The Balaban J connectivity index is 1.31. The van der Waals surface area contributed by atoms with Crippen molar-refractivity contribution in [1.82, 2.24) is 5.32 Å². The maximum Gasteiger partial charge on any atom is 0.407 e. The summed E-state index contributed by atoms with van der Waals surface area (Å²) in [6.45, 7) is 0.640. The van der Waals surface area contributed by atoms with E-state index in [1.165, 1.54) is 11.1 Å². The summed E-state index contributed by atoms with van der Waals surface area (Å²) < 4.78 is 11.1. The molecule has 1 unspecified atom stereocenters. The van der Waals surface area contributed by atoms with Crippen LogP contribution in [-0.4, -0.2) is 37.1 Å². The zero-order chi connectivity index (χ0) is 20.8. The average Bonchev–Trinajstić information content (AvgIpc) is 3.11. The Bertz CT molecular complexity index is 944. The van der Waals surface area contributed by atoms with Gasteiger partial charge in [-0.25, -0.2) is 4.79 Å². The van der Waals surface area contributed by atoms with Gasteiger partial charge in [0.25, 0.3) is 0 Å². The third kappa shape index (κ3) is 4.53. The summed E-state index contributed by atoms with van der Waals surface area (Å²) in [5, 5.41) is 12.3. The van der Waals surface area contributed by atoms with Crippen molar-refractivity contribution < 1.29 is 19.4 Å². The molecule has 0 aliphatic heterocycles. The summed E-state index contributed by atoms with van der Waals surface area (Å²) in [4.78, 5) is 12.3. The number of aliphatic hydroxyl groups excluding tert-OH is 1. The number of aliphatic hydroxyl groups is 1. The summed E-state index contributed by atoms with van der Waals surface area (Å²) in [7, 11) is 0. The minimum absolute atomic E-state index is 0.00468. The van der Waals surface area contributed by atoms with Crippen molar-refractivity contribution in [3.63, 3.8) is 0 Å². The van der Waals surface area contributed by atoms with E-state index < -0.39 is 12.1 Å². The van der Waals surface area contributed by atoms with E-state index in [0.717, 1.165) is 16.7 Å². The first-order valence-electron chi connectivity index (χ1n) is 10.1. The molecule has 3 aromatic rings. The van der Waals surface area contributed by atoms with E-state index in [1.807, 2.05) is 54.6 Å². The van der Waals surface area contributed by atoms with Crippen molar-refractivity contribution in [2.75, 3.05) is 19.8 Å². The van der Waals surface area contributed by atoms with E-state index in [1.54, 1.807) is 0 Å². The van der Waals surface area contributed by atoms with E-state index in [4.69, 9.17) is 9.47 Å². The van der Waals surface area contributed by atoms with Gasteiger partial charge in [0.05, 0.1) is 25.9 Å². The van der Waals surface area contributed by atoms with Crippen LogP contribution in [0.1, 0.15) is 22.6 Å². The molecular formula is C25H25NO4. The monoisotopic (exact) mass is 403 g/mol. The van der Waals surface area contributed by atoms with Gasteiger partial charge in [-0.3, -0.25) is 0 Å². The first kappa shape index (κ1) is 20.1. The number of ether oxygens (including phenoxy) is 2. The Labute approximate surface area is 176 Å². The van der Waals surface area contributed by atoms with Crippen LogP contribution in [-0.2, 0) is 16.1 Å². The lowest BCUT2D eigenvalue weighted by atomic mass is 9.98. The van der Waals surface area contributed by atoms with Crippen LogP contribution in [0.2, 0.25) is 0 Å². The fourth-order valence-electron chi connectivity index (χ4n) is 3.84. The smallest absolute Gasteiger partial charge is 0.407 e. The van der Waals surface area contributed by atoms with E-state index in [2.05, 4.69) is 29.6 Å². The standard InChI is InChI=1S/C25H25NO4/c27-14-19(16-29-15-18-8-2-1-3-9-18)26-25(28)30-17-24-22-12-6-4-10-20(22)21-11-5-7-13-23(21)24/h1-13,19,24,27H,14-17H2,(H,26,28). The highest BCUT2D eigenvalue weighted by atomic mass is 16.5. The number of carbonyl (C=O) groups is 1. The molecule has 0 aromatic heterocycles. The average molecular weight is 403 g/mol. The molecule has 0 spiro atoms. The molecule has 1 amide bonds. The van der Waals surface area contributed by atoms with Gasteiger partial charge in [-0.2, -0.15) is 0 Å². The normalized spacial score (nSPS) is 13.4. The van der Waals surface area contributed by atoms with Crippen LogP contribution < -0.4 is 5.32 Å². The predicted molar refractivity (Wildman–Crippen MR) is 115 cm³/mol. The van der Waals surface area contributed by atoms with Crippen molar-refractivity contribution in [3.8, 4) is 11.1 Å². The maximum absolute atomic E-state index is 12.3. The molecule has 3 aromatic carbocycles. The maximum atomic E-state index is 12.3. The van der Waals surface area contributed by atoms with Gasteiger partial charge < -0.3 is 19.9 Å². The van der Waals surface area contributed by atoms with Crippen molar-refractivity contribution in [1.29, 1.82) is 0 Å². The van der Waals surface area contributed by atoms with Crippen molar-refractivity contribution in [2.45, 2.75) is 18.6 Å². The SMILES string of the molecule is O=C(NC(CO)COCc1ccccc1)OCC1c2ccccc2-c2ccccc21. The van der Waals surface area contributed by atoms with Crippen LogP contribution in [0.5, 0.6) is 0 Å². The van der Waals surface area contributed by atoms with E-state index in [9.17, 15) is 9.90 Å². The molecule has 0 radical (unpaired) electrons. The summed E-state index contributed by atoms with van der Waals surface area (Å²) in [6, 6.07) is 25.6. The summed E-state index contributed by atoms with van der Waals surface area (Å²) in [6.07, 6.45) is -0.556. The molecule has 0 saturated carbocycles. The molecule has 1 aliphatic rings. The van der Waals surface area contributed by atoms with Gasteiger partial charge in [0.15, 0.2) is 0 Å². The zero-order valence-electron chi connectivity index (χ0n) is 16.7. The Morgan fingerprint density at radius 2 is 1.50 bits per heavy atom. The van der Waals surface area contributed by atoms with Gasteiger partial charge in [0.2, 0.25) is 0 Å². The van der Waals surface area contributed by atoms with Crippen LogP contribution >= 0.6 is 0 Å². The molecule has 2 N–H and O–H groups in total. The lowest BCUT2D eigenvalue weighted by Crippen LogP contribution is -2.41.